The molecule has 24 heavy (non-hydrogen) atoms. The maximum Gasteiger partial charge on any atom is 0.187 e. The highest BCUT2D eigenvalue weighted by Gasteiger charge is 2.09. The quantitative estimate of drug-likeness (QED) is 0.620. The number of nitrogens with zero attached hydrogens (tertiary/aromatic N) is 1. The number of hydrogen-bond donors (Lipinski definition) is 1. The van der Waals surface area contributed by atoms with E-state index < -0.39 is 5.82 Å². The second kappa shape index (κ2) is 8.12. The number of thiazole rings is 1. The van der Waals surface area contributed by atoms with Crippen molar-refractivity contribution in [1.29, 1.82) is 0 Å². The molecule has 0 saturated carbocycles. The van der Waals surface area contributed by atoms with Crippen LogP contribution in [-0.4, -0.2) is 19.2 Å². The van der Waals surface area contributed by atoms with E-state index in [1.807, 2.05) is 29.6 Å². The summed E-state index contributed by atoms with van der Waals surface area (Å²) in [5, 5.41) is 5.82. The van der Waals surface area contributed by atoms with E-state index in [1.54, 1.807) is 19.2 Å². The first-order chi connectivity index (χ1) is 11.2. The van der Waals surface area contributed by atoms with E-state index in [4.69, 9.17) is 9.47 Å². The van der Waals surface area contributed by atoms with Crippen LogP contribution in [0.15, 0.2) is 47.8 Å². The molecule has 0 fully saturated rings. The molecule has 0 spiro atoms. The zero-order valence-corrected chi connectivity index (χ0v) is 15.6. The van der Waals surface area contributed by atoms with Crippen LogP contribution in [0, 0.1) is 5.82 Å². The predicted octanol–water partition coefficient (Wildman–Crippen LogP) is 5.29. The molecule has 7 heteroatoms. The van der Waals surface area contributed by atoms with Gasteiger partial charge in [-0.2, -0.15) is 0 Å². The monoisotopic (exact) mass is 410 g/mol. The van der Waals surface area contributed by atoms with Gasteiger partial charge in [0, 0.05) is 22.7 Å². The largest absolute Gasteiger partial charge is 0.497 e. The van der Waals surface area contributed by atoms with Crippen LogP contribution in [0.2, 0.25) is 0 Å². The van der Waals surface area contributed by atoms with Gasteiger partial charge >= 0.3 is 0 Å². The number of methoxy groups -OCH3 is 2. The lowest BCUT2D eigenvalue weighted by Gasteiger charge is -2.05. The molecule has 0 aliphatic carbocycles. The van der Waals surface area contributed by atoms with Gasteiger partial charge in [-0.25, -0.2) is 9.37 Å². The van der Waals surface area contributed by atoms with Crippen molar-refractivity contribution in [2.75, 3.05) is 19.5 Å². The number of anilines is 2. The molecule has 126 valence electrons. The normalized spacial score (nSPS) is 9.96. The van der Waals surface area contributed by atoms with Gasteiger partial charge in [-0.1, -0.05) is 6.07 Å². The van der Waals surface area contributed by atoms with Crippen LogP contribution in [0.3, 0.4) is 0 Å². The molecule has 3 aromatic rings. The maximum absolute atomic E-state index is 13.8. The summed E-state index contributed by atoms with van der Waals surface area (Å²) < 4.78 is 23.9. The molecule has 0 aliphatic heterocycles. The first kappa shape index (κ1) is 18.2. The van der Waals surface area contributed by atoms with E-state index in [9.17, 15) is 4.39 Å². The van der Waals surface area contributed by atoms with Crippen LogP contribution in [0.25, 0.3) is 11.3 Å². The topological polar surface area (TPSA) is 43.4 Å². The summed E-state index contributed by atoms with van der Waals surface area (Å²) in [6, 6.07) is 12.4. The lowest BCUT2D eigenvalue weighted by atomic mass is 10.1. The molecule has 0 bridgehead atoms. The number of aromatic nitrogens is 1. The summed E-state index contributed by atoms with van der Waals surface area (Å²) in [6.45, 7) is 0. The summed E-state index contributed by atoms with van der Waals surface area (Å²) in [5.41, 5.74) is 2.30. The zero-order valence-electron chi connectivity index (χ0n) is 13.1. The second-order valence-corrected chi connectivity index (χ2v) is 5.60. The van der Waals surface area contributed by atoms with Crippen LogP contribution in [0.1, 0.15) is 0 Å². The van der Waals surface area contributed by atoms with Gasteiger partial charge in [0.15, 0.2) is 16.7 Å². The smallest absolute Gasteiger partial charge is 0.187 e. The van der Waals surface area contributed by atoms with Crippen molar-refractivity contribution in [3.63, 3.8) is 0 Å². The highest BCUT2D eigenvalue weighted by Crippen LogP contribution is 2.30. The standard InChI is InChI=1S/C17H15FN2O2S.BrH/c1-21-13-5-3-4-12(9-13)19-17-20-15(10-23-17)11-6-7-16(22-2)14(18)8-11;/h3-10H,1-2H3,(H,19,20);1H. The third-order valence-corrected chi connectivity index (χ3v) is 4.03. The fourth-order valence-electron chi connectivity index (χ4n) is 2.11. The number of halogens is 2. The Morgan fingerprint density at radius 3 is 2.62 bits per heavy atom. The Balaban J connectivity index is 0.00000208. The Hall–Kier alpha value is -2.12. The number of nitrogens with one attached hydrogen (secondary N) is 1. The van der Waals surface area contributed by atoms with Crippen molar-refractivity contribution >= 4 is 39.1 Å². The van der Waals surface area contributed by atoms with Gasteiger partial charge in [0.2, 0.25) is 0 Å². The predicted molar refractivity (Wildman–Crippen MR) is 101 cm³/mol. The van der Waals surface area contributed by atoms with Crippen molar-refractivity contribution in [2.24, 2.45) is 0 Å². The Bertz CT molecular complexity index is 826. The van der Waals surface area contributed by atoms with E-state index in [-0.39, 0.29) is 22.7 Å². The second-order valence-electron chi connectivity index (χ2n) is 4.74. The highest BCUT2D eigenvalue weighted by atomic mass is 79.9. The highest BCUT2D eigenvalue weighted by molar-refractivity contribution is 8.93. The lowest BCUT2D eigenvalue weighted by molar-refractivity contribution is 0.386. The Morgan fingerprint density at radius 2 is 1.92 bits per heavy atom. The van der Waals surface area contributed by atoms with Crippen LogP contribution >= 0.6 is 28.3 Å². The van der Waals surface area contributed by atoms with Gasteiger partial charge in [0.05, 0.1) is 19.9 Å². The molecular weight excluding hydrogens is 395 g/mol. The summed E-state index contributed by atoms with van der Waals surface area (Å²) in [4.78, 5) is 4.49. The maximum atomic E-state index is 13.8. The minimum Gasteiger partial charge on any atom is -0.497 e. The van der Waals surface area contributed by atoms with Gasteiger partial charge in [-0.15, -0.1) is 28.3 Å². The van der Waals surface area contributed by atoms with E-state index in [0.29, 0.717) is 11.3 Å². The van der Waals surface area contributed by atoms with Gasteiger partial charge in [-0.3, -0.25) is 0 Å². The molecule has 4 nitrogen and oxygen atoms in total. The third-order valence-electron chi connectivity index (χ3n) is 3.27. The molecule has 0 radical (unpaired) electrons. The summed E-state index contributed by atoms with van der Waals surface area (Å²) in [7, 11) is 3.07. The van der Waals surface area contributed by atoms with Gasteiger partial charge in [0.25, 0.3) is 0 Å². The van der Waals surface area contributed by atoms with Crippen molar-refractivity contribution in [3.8, 4) is 22.8 Å². The Morgan fingerprint density at radius 1 is 1.08 bits per heavy atom. The van der Waals surface area contributed by atoms with Gasteiger partial charge in [0.1, 0.15) is 5.75 Å². The molecule has 0 amide bonds. The number of hydrogen-bond acceptors (Lipinski definition) is 5. The first-order valence-corrected chi connectivity index (χ1v) is 7.78. The molecule has 1 N–H and O–H groups in total. The SMILES string of the molecule is Br.COc1cccc(Nc2nc(-c3ccc(OC)c(F)c3)cs2)c1. The van der Waals surface area contributed by atoms with E-state index in [0.717, 1.165) is 16.6 Å². The molecule has 0 aliphatic rings. The average Bonchev–Trinajstić information content (AvgIpc) is 3.03. The molecule has 0 unspecified atom stereocenters. The van der Waals surface area contributed by atoms with Gasteiger partial charge < -0.3 is 14.8 Å². The van der Waals surface area contributed by atoms with E-state index >= 15 is 0 Å². The molecular formula is C17H16BrFN2O2S. The molecule has 0 saturated heterocycles. The Kier molecular flexibility index (Phi) is 6.16. The lowest BCUT2D eigenvalue weighted by Crippen LogP contribution is -1.91. The van der Waals surface area contributed by atoms with Crippen molar-refractivity contribution in [2.45, 2.75) is 0 Å². The van der Waals surface area contributed by atoms with Crippen molar-refractivity contribution in [1.82, 2.24) is 4.98 Å². The zero-order chi connectivity index (χ0) is 16.2. The van der Waals surface area contributed by atoms with Gasteiger partial charge in [-0.05, 0) is 30.3 Å². The number of benzene rings is 2. The van der Waals surface area contributed by atoms with Crippen molar-refractivity contribution < 1.29 is 13.9 Å². The van der Waals surface area contributed by atoms with E-state index in [1.165, 1.54) is 24.5 Å². The fraction of sp³-hybridized carbons (Fsp3) is 0.118. The number of rotatable bonds is 5. The first-order valence-electron chi connectivity index (χ1n) is 6.90. The van der Waals surface area contributed by atoms with Crippen molar-refractivity contribution in [3.05, 3.63) is 53.7 Å². The summed E-state index contributed by atoms with van der Waals surface area (Å²) in [6.07, 6.45) is 0. The average molecular weight is 411 g/mol. The van der Waals surface area contributed by atoms with Crippen LogP contribution in [-0.2, 0) is 0 Å². The van der Waals surface area contributed by atoms with E-state index in [2.05, 4.69) is 10.3 Å². The number of ether oxygens (including phenoxy) is 2. The molecule has 1 aromatic heterocycles. The van der Waals surface area contributed by atoms with Crippen LogP contribution < -0.4 is 14.8 Å². The summed E-state index contributed by atoms with van der Waals surface area (Å²) >= 11 is 1.45. The molecule has 3 rings (SSSR count). The van der Waals surface area contributed by atoms with Crippen LogP contribution in [0.4, 0.5) is 15.2 Å². The minimum atomic E-state index is -0.402. The molecule has 1 heterocycles. The third kappa shape index (κ3) is 4.04. The summed E-state index contributed by atoms with van der Waals surface area (Å²) in [5.74, 6) is 0.586. The van der Waals surface area contributed by atoms with Crippen LogP contribution in [0.5, 0.6) is 11.5 Å². The minimum absolute atomic E-state index is 0. The molecule has 2 aromatic carbocycles. The molecule has 0 atom stereocenters. The Labute approximate surface area is 154 Å². The fourth-order valence-corrected chi connectivity index (χ4v) is 2.85.